The molecule has 4 N–H and O–H groups in total. The van der Waals surface area contributed by atoms with Crippen LogP contribution in [0.4, 0.5) is 26.0 Å². The third-order valence-corrected chi connectivity index (χ3v) is 7.60. The number of nitrogens with zero attached hydrogens (tertiary/aromatic N) is 3. The summed E-state index contributed by atoms with van der Waals surface area (Å²) in [5, 5.41) is 11.1. The number of hydrogen-bond acceptors (Lipinski definition) is 9. The molecule has 4 rings (SSSR count). The molecule has 1 aromatic heterocycles. The summed E-state index contributed by atoms with van der Waals surface area (Å²) >= 11 is 5.76. The first kappa shape index (κ1) is 34.8. The second-order valence-corrected chi connectivity index (χ2v) is 11.6. The number of aromatic nitrogens is 2. The van der Waals surface area contributed by atoms with Crippen molar-refractivity contribution >= 4 is 69.8 Å². The normalized spacial score (nSPS) is 15.8. The van der Waals surface area contributed by atoms with Crippen molar-refractivity contribution in [2.75, 3.05) is 30.9 Å². The number of benzene rings is 2. The Bertz CT molecular complexity index is 1570. The lowest BCUT2D eigenvalue weighted by Crippen LogP contribution is -2.62. The molecule has 11 nitrogen and oxygen atoms in total. The third-order valence-electron chi connectivity index (χ3n) is 7.25. The van der Waals surface area contributed by atoms with Crippen LogP contribution in [0.15, 0.2) is 30.6 Å². The van der Waals surface area contributed by atoms with E-state index in [1.165, 1.54) is 31.6 Å². The molecule has 44 heavy (non-hydrogen) atoms. The number of carbonyl (C=O) groups is 3. The first-order valence-electron chi connectivity index (χ1n) is 13.6. The number of hydrogen-bond donors (Lipinski definition) is 4. The van der Waals surface area contributed by atoms with Crippen LogP contribution < -0.4 is 30.9 Å². The number of likely N-dealkylation sites (N-methyl/N-ethyl adjacent to an activating group) is 1. The maximum absolute atomic E-state index is 14.8. The van der Waals surface area contributed by atoms with E-state index in [0.717, 1.165) is 11.0 Å². The molecule has 0 unspecified atom stereocenters. The molecule has 238 valence electrons. The van der Waals surface area contributed by atoms with Crippen LogP contribution in [0.2, 0.25) is 5.02 Å². The van der Waals surface area contributed by atoms with Gasteiger partial charge < -0.3 is 26.0 Å². The Morgan fingerprint density at radius 1 is 1.18 bits per heavy atom. The molecule has 15 heteroatoms. The third kappa shape index (κ3) is 7.01. The average molecular weight is 655 g/mol. The number of carbonyl (C=O) groups excluding carboxylic acids is 3. The number of ether oxygens (including phenoxy) is 1. The molecule has 1 aliphatic heterocycles. The summed E-state index contributed by atoms with van der Waals surface area (Å²) in [6.45, 7) is 7.58. The Morgan fingerprint density at radius 2 is 1.86 bits per heavy atom. The van der Waals surface area contributed by atoms with Gasteiger partial charge in [-0.25, -0.2) is 23.6 Å². The van der Waals surface area contributed by atoms with Crippen molar-refractivity contribution in [3.8, 4) is 5.75 Å². The lowest BCUT2D eigenvalue weighted by atomic mass is 9.85. The molecule has 2 aromatic carbocycles. The van der Waals surface area contributed by atoms with Crippen LogP contribution >= 0.6 is 24.0 Å². The lowest BCUT2D eigenvalue weighted by Gasteiger charge is -2.38. The van der Waals surface area contributed by atoms with E-state index >= 15 is 0 Å². The molecule has 3 amide bonds. The molecule has 3 atom stereocenters. The zero-order valence-electron chi connectivity index (χ0n) is 25.0. The van der Waals surface area contributed by atoms with Crippen molar-refractivity contribution in [1.82, 2.24) is 25.9 Å². The first-order valence-corrected chi connectivity index (χ1v) is 14.0. The fraction of sp³-hybridized carbons (Fsp3) is 0.414. The Kier molecular flexibility index (Phi) is 11.1. The van der Waals surface area contributed by atoms with Crippen LogP contribution in [-0.4, -0.2) is 66.5 Å². The number of fused-ring (bicyclic) bond motifs is 1. The summed E-state index contributed by atoms with van der Waals surface area (Å²) in [6, 6.07) is 2.81. The number of imide groups is 1. The zero-order chi connectivity index (χ0) is 31.6. The number of rotatable bonds is 9. The van der Waals surface area contributed by atoms with Crippen LogP contribution in [0, 0.1) is 17.0 Å². The van der Waals surface area contributed by atoms with E-state index in [9.17, 15) is 23.2 Å². The molecular weight excluding hydrogens is 619 g/mol. The maximum atomic E-state index is 14.8. The van der Waals surface area contributed by atoms with Gasteiger partial charge >= 0.3 is 0 Å². The van der Waals surface area contributed by atoms with Crippen LogP contribution in [0.5, 0.6) is 5.75 Å². The van der Waals surface area contributed by atoms with Gasteiger partial charge in [0.2, 0.25) is 5.91 Å². The number of nitrogens with one attached hydrogen (secondary N) is 4. The van der Waals surface area contributed by atoms with E-state index in [4.69, 9.17) is 16.3 Å². The summed E-state index contributed by atoms with van der Waals surface area (Å²) < 4.78 is 34.2. The Hall–Kier alpha value is -3.65. The van der Waals surface area contributed by atoms with Crippen molar-refractivity contribution in [3.63, 3.8) is 0 Å². The van der Waals surface area contributed by atoms with E-state index in [0.29, 0.717) is 23.9 Å². The number of amides is 3. The topological polar surface area (TPSA) is 138 Å². The summed E-state index contributed by atoms with van der Waals surface area (Å²) in [5.74, 6) is -3.34. The van der Waals surface area contributed by atoms with Crippen LogP contribution in [-0.2, 0) is 14.4 Å². The van der Waals surface area contributed by atoms with Gasteiger partial charge in [0.15, 0.2) is 5.82 Å². The maximum Gasteiger partial charge on any atom is 0.257 e. The number of halogens is 4. The molecule has 1 aliphatic rings. The predicted octanol–water partition coefficient (Wildman–Crippen LogP) is 4.10. The minimum Gasteiger partial charge on any atom is -0.494 e. The summed E-state index contributed by atoms with van der Waals surface area (Å²) in [5.41, 5.74) is -0.540. The van der Waals surface area contributed by atoms with Gasteiger partial charge in [0.05, 0.1) is 36.1 Å². The number of anilines is 3. The molecule has 0 bridgehead atoms. The highest BCUT2D eigenvalue weighted by Crippen LogP contribution is 2.38. The van der Waals surface area contributed by atoms with Gasteiger partial charge in [-0.2, -0.15) is 0 Å². The number of methoxy groups -OCH3 is 1. The van der Waals surface area contributed by atoms with Crippen molar-refractivity contribution < 1.29 is 27.9 Å². The predicted molar refractivity (Wildman–Crippen MR) is 167 cm³/mol. The smallest absolute Gasteiger partial charge is 0.257 e. The fourth-order valence-electron chi connectivity index (χ4n) is 4.44. The molecule has 0 spiro atoms. The van der Waals surface area contributed by atoms with E-state index in [2.05, 4.69) is 31.2 Å². The van der Waals surface area contributed by atoms with Crippen LogP contribution in [0.3, 0.4) is 0 Å². The van der Waals surface area contributed by atoms with Gasteiger partial charge in [-0.15, -0.1) is 12.4 Å². The largest absolute Gasteiger partial charge is 0.494 e. The summed E-state index contributed by atoms with van der Waals surface area (Å²) in [6.07, 6.45) is 1.73. The zero-order valence-corrected chi connectivity index (χ0v) is 26.6. The highest BCUT2D eigenvalue weighted by Gasteiger charge is 2.43. The second-order valence-electron chi connectivity index (χ2n) is 11.2. The van der Waals surface area contributed by atoms with E-state index < -0.39 is 57.9 Å². The van der Waals surface area contributed by atoms with Crippen molar-refractivity contribution in [2.45, 2.75) is 52.2 Å². The molecular formula is C29H35Cl2F2N7O4. The average Bonchev–Trinajstić information content (AvgIpc) is 2.93. The van der Waals surface area contributed by atoms with Gasteiger partial charge in [-0.05, 0) is 50.6 Å². The highest BCUT2D eigenvalue weighted by atomic mass is 35.5. The Balaban J connectivity index is 0.00000529. The molecule has 0 radical (unpaired) electrons. The fourth-order valence-corrected chi connectivity index (χ4v) is 4.60. The first-order chi connectivity index (χ1) is 20.3. The Morgan fingerprint density at radius 3 is 2.43 bits per heavy atom. The molecule has 3 aromatic rings. The molecule has 1 saturated heterocycles. The summed E-state index contributed by atoms with van der Waals surface area (Å²) in [7, 11) is 3.00. The van der Waals surface area contributed by atoms with E-state index in [-0.39, 0.29) is 35.3 Å². The molecule has 0 saturated carbocycles. The molecule has 0 aliphatic carbocycles. The second kappa shape index (κ2) is 14.0. The van der Waals surface area contributed by atoms with E-state index in [1.807, 2.05) is 0 Å². The molecule has 2 heterocycles. The monoisotopic (exact) mass is 653 g/mol. The van der Waals surface area contributed by atoms with Crippen molar-refractivity contribution in [3.05, 3.63) is 47.2 Å². The van der Waals surface area contributed by atoms with Gasteiger partial charge in [-0.3, -0.25) is 14.4 Å². The molecule has 1 fully saturated rings. The van der Waals surface area contributed by atoms with Gasteiger partial charge in [0.25, 0.3) is 11.8 Å². The van der Waals surface area contributed by atoms with Crippen LogP contribution in [0.25, 0.3) is 10.9 Å². The van der Waals surface area contributed by atoms with Crippen LogP contribution in [0.1, 0.15) is 34.1 Å². The minimum absolute atomic E-state index is 0. The quantitative estimate of drug-likeness (QED) is 0.252. The minimum atomic E-state index is -1.11. The van der Waals surface area contributed by atoms with E-state index in [1.54, 1.807) is 34.7 Å². The lowest BCUT2D eigenvalue weighted by molar-refractivity contribution is -0.134. The van der Waals surface area contributed by atoms with Gasteiger partial charge in [-0.1, -0.05) is 32.4 Å². The van der Waals surface area contributed by atoms with Crippen molar-refractivity contribution in [2.24, 2.45) is 5.41 Å². The SMILES string of the molecule is CN[C@@H](C)C(=O)N[C@H](C(=O)N(C(=O)[C@@H]1CCN1)c1cc2c(Nc3ccc(F)c(Cl)c3F)ncnc2cc1OC)C(C)(C)C.Cl. The Labute approximate surface area is 264 Å². The standard InChI is InChI=1S/C29H34ClF2N7O4.ClH/c1-14(33-5)26(40)38-24(29(2,3)4)28(42)39(27(41)18-9-10-34-18)20-11-15-19(12-21(20)43-6)35-13-36-25(15)37-17-8-7-16(31)22(30)23(17)32;/h7-8,11-14,18,24,33-34H,9-10H2,1-6H3,(H,38,40)(H,35,36,37);1H/t14-,18-,24+;/m0./s1. The van der Waals surface area contributed by atoms with Gasteiger partial charge in [0, 0.05) is 11.5 Å². The van der Waals surface area contributed by atoms with Crippen molar-refractivity contribution in [1.29, 1.82) is 0 Å². The highest BCUT2D eigenvalue weighted by molar-refractivity contribution is 6.31. The van der Waals surface area contributed by atoms with Gasteiger partial charge in [0.1, 0.15) is 34.8 Å². The summed E-state index contributed by atoms with van der Waals surface area (Å²) in [4.78, 5) is 50.6.